The number of carbonyl (C=O) groups is 1. The second-order valence-electron chi connectivity index (χ2n) is 10.1. The number of likely N-dealkylation sites (tertiary alicyclic amines) is 2. The molecule has 0 bridgehead atoms. The van der Waals surface area contributed by atoms with Gasteiger partial charge in [-0.2, -0.15) is 0 Å². The summed E-state index contributed by atoms with van der Waals surface area (Å²) in [5, 5.41) is 11.6. The van der Waals surface area contributed by atoms with Gasteiger partial charge in [0.1, 0.15) is 0 Å². The molecule has 0 saturated carbocycles. The van der Waals surface area contributed by atoms with E-state index in [2.05, 4.69) is 46.1 Å². The Kier molecular flexibility index (Phi) is 8.98. The van der Waals surface area contributed by atoms with E-state index < -0.39 is 0 Å². The second-order valence-corrected chi connectivity index (χ2v) is 10.1. The van der Waals surface area contributed by atoms with Crippen LogP contribution in [-0.2, 0) is 12.0 Å². The Bertz CT molecular complexity index is 665. The van der Waals surface area contributed by atoms with E-state index in [1.165, 1.54) is 12.8 Å². The Hall–Kier alpha value is -1.34. The van der Waals surface area contributed by atoms with Gasteiger partial charge in [0, 0.05) is 24.0 Å². The summed E-state index contributed by atoms with van der Waals surface area (Å²) in [6.45, 7) is 14.0. The molecule has 0 radical (unpaired) electrons. The predicted octanol–water partition coefficient (Wildman–Crippen LogP) is 4.36. The molecule has 1 aromatic rings. The van der Waals surface area contributed by atoms with Crippen LogP contribution in [0, 0.1) is 5.92 Å². The van der Waals surface area contributed by atoms with Crippen LogP contribution in [0.3, 0.4) is 0 Å². The molecule has 2 aliphatic heterocycles. The van der Waals surface area contributed by atoms with Crippen molar-refractivity contribution < 1.29 is 9.21 Å². The molecule has 1 unspecified atom stereocenters. The van der Waals surface area contributed by atoms with E-state index in [0.717, 1.165) is 51.9 Å². The largest absolute Gasteiger partial charge is 0.423 e. The minimum absolute atomic E-state index is 0. The fourth-order valence-corrected chi connectivity index (χ4v) is 4.51. The molecular formula is C22H40ClN5O2. The SMILES string of the molecule is CC(C)NC(=O)N1CCCCCC1C1CCN(Cc2nnc(C(C)(C)C)o2)CC1.Cl. The van der Waals surface area contributed by atoms with Gasteiger partial charge in [0.05, 0.1) is 6.54 Å². The lowest BCUT2D eigenvalue weighted by atomic mass is 9.86. The number of nitrogens with one attached hydrogen (secondary N) is 1. The van der Waals surface area contributed by atoms with Gasteiger partial charge in [0.15, 0.2) is 0 Å². The fourth-order valence-electron chi connectivity index (χ4n) is 4.51. The summed E-state index contributed by atoms with van der Waals surface area (Å²) in [5.41, 5.74) is -0.113. The van der Waals surface area contributed by atoms with Crippen LogP contribution >= 0.6 is 12.4 Å². The van der Waals surface area contributed by atoms with Crippen LogP contribution < -0.4 is 5.32 Å². The lowest BCUT2D eigenvalue weighted by Gasteiger charge is -2.40. The molecule has 1 aromatic heterocycles. The maximum absolute atomic E-state index is 12.8. The van der Waals surface area contributed by atoms with E-state index >= 15 is 0 Å². The van der Waals surface area contributed by atoms with Gasteiger partial charge in [-0.1, -0.05) is 33.6 Å². The first-order chi connectivity index (χ1) is 13.7. The summed E-state index contributed by atoms with van der Waals surface area (Å²) in [7, 11) is 0. The molecule has 2 aliphatic rings. The van der Waals surface area contributed by atoms with Gasteiger partial charge >= 0.3 is 6.03 Å². The number of aromatic nitrogens is 2. The van der Waals surface area contributed by atoms with Crippen molar-refractivity contribution in [3.05, 3.63) is 11.8 Å². The zero-order valence-electron chi connectivity index (χ0n) is 19.3. The maximum Gasteiger partial charge on any atom is 0.317 e. The third-order valence-corrected chi connectivity index (χ3v) is 6.12. The van der Waals surface area contributed by atoms with Crippen molar-refractivity contribution in [1.29, 1.82) is 0 Å². The summed E-state index contributed by atoms with van der Waals surface area (Å²) in [4.78, 5) is 17.3. The highest BCUT2D eigenvalue weighted by atomic mass is 35.5. The molecule has 7 nitrogen and oxygen atoms in total. The molecule has 2 fully saturated rings. The predicted molar refractivity (Wildman–Crippen MR) is 121 cm³/mol. The third kappa shape index (κ3) is 6.58. The highest BCUT2D eigenvalue weighted by molar-refractivity contribution is 5.85. The van der Waals surface area contributed by atoms with Gasteiger partial charge in [-0.25, -0.2) is 4.79 Å². The minimum Gasteiger partial charge on any atom is -0.423 e. The summed E-state index contributed by atoms with van der Waals surface area (Å²) < 4.78 is 5.87. The molecule has 3 heterocycles. The van der Waals surface area contributed by atoms with Gasteiger partial charge in [-0.3, -0.25) is 4.90 Å². The zero-order chi connectivity index (χ0) is 21.0. The Balaban J connectivity index is 0.00000320. The molecule has 1 atom stereocenters. The number of halogens is 1. The summed E-state index contributed by atoms with van der Waals surface area (Å²) in [6.07, 6.45) is 6.96. The van der Waals surface area contributed by atoms with Crippen molar-refractivity contribution in [2.45, 2.75) is 97.2 Å². The van der Waals surface area contributed by atoms with Crippen LogP contribution in [-0.4, -0.2) is 57.7 Å². The van der Waals surface area contributed by atoms with Crippen LogP contribution in [0.1, 0.15) is 84.9 Å². The van der Waals surface area contributed by atoms with E-state index in [1.54, 1.807) is 0 Å². The van der Waals surface area contributed by atoms with Gasteiger partial charge in [0.25, 0.3) is 0 Å². The fraction of sp³-hybridized carbons (Fsp3) is 0.864. The van der Waals surface area contributed by atoms with Crippen molar-refractivity contribution in [2.24, 2.45) is 5.92 Å². The lowest BCUT2D eigenvalue weighted by Crippen LogP contribution is -2.52. The molecular weight excluding hydrogens is 402 g/mol. The zero-order valence-corrected chi connectivity index (χ0v) is 20.1. The van der Waals surface area contributed by atoms with Crippen LogP contribution in [0.5, 0.6) is 0 Å². The Morgan fingerprint density at radius 3 is 2.40 bits per heavy atom. The molecule has 2 amide bonds. The number of urea groups is 1. The quantitative estimate of drug-likeness (QED) is 0.751. The van der Waals surface area contributed by atoms with E-state index in [0.29, 0.717) is 23.7 Å². The van der Waals surface area contributed by atoms with Gasteiger partial charge in [-0.15, -0.1) is 22.6 Å². The molecule has 172 valence electrons. The number of hydrogen-bond donors (Lipinski definition) is 1. The monoisotopic (exact) mass is 441 g/mol. The number of hydrogen-bond acceptors (Lipinski definition) is 5. The topological polar surface area (TPSA) is 74.5 Å². The van der Waals surface area contributed by atoms with Crippen LogP contribution in [0.2, 0.25) is 0 Å². The first-order valence-electron chi connectivity index (χ1n) is 11.4. The van der Waals surface area contributed by atoms with E-state index in [9.17, 15) is 4.79 Å². The van der Waals surface area contributed by atoms with Gasteiger partial charge < -0.3 is 14.6 Å². The van der Waals surface area contributed by atoms with Gasteiger partial charge in [0.2, 0.25) is 11.8 Å². The first kappa shape index (κ1) is 24.9. The average Bonchev–Trinajstić information content (AvgIpc) is 2.98. The van der Waals surface area contributed by atoms with Crippen molar-refractivity contribution in [2.75, 3.05) is 19.6 Å². The Labute approximate surface area is 187 Å². The van der Waals surface area contributed by atoms with Crippen molar-refractivity contribution in [3.63, 3.8) is 0 Å². The molecule has 8 heteroatoms. The number of nitrogens with zero attached hydrogens (tertiary/aromatic N) is 4. The minimum atomic E-state index is -0.113. The molecule has 3 rings (SSSR count). The highest BCUT2D eigenvalue weighted by Gasteiger charge is 2.34. The normalized spacial score (nSPS) is 21.9. The number of amides is 2. The molecule has 1 N–H and O–H groups in total. The molecule has 0 aromatic carbocycles. The molecule has 2 saturated heterocycles. The average molecular weight is 442 g/mol. The van der Waals surface area contributed by atoms with Crippen molar-refractivity contribution >= 4 is 18.4 Å². The Morgan fingerprint density at radius 2 is 1.80 bits per heavy atom. The molecule has 30 heavy (non-hydrogen) atoms. The third-order valence-electron chi connectivity index (χ3n) is 6.12. The number of piperidine rings is 1. The van der Waals surface area contributed by atoms with Gasteiger partial charge in [-0.05, 0) is 58.5 Å². The van der Waals surface area contributed by atoms with Crippen LogP contribution in [0.25, 0.3) is 0 Å². The number of rotatable bonds is 4. The van der Waals surface area contributed by atoms with Crippen LogP contribution in [0.4, 0.5) is 4.79 Å². The summed E-state index contributed by atoms with van der Waals surface area (Å²) in [6, 6.07) is 0.671. The van der Waals surface area contributed by atoms with Crippen molar-refractivity contribution in [1.82, 2.24) is 25.3 Å². The van der Waals surface area contributed by atoms with E-state index in [1.807, 2.05) is 13.8 Å². The first-order valence-corrected chi connectivity index (χ1v) is 11.4. The standard InChI is InChI=1S/C22H39N5O2.ClH/c1-16(2)23-21(28)27-12-8-6-7-9-18(27)17-10-13-26(14-11-17)15-19-24-25-20(29-19)22(3,4)5;/h16-18H,6-15H2,1-5H3,(H,23,28);1H. The van der Waals surface area contributed by atoms with Crippen molar-refractivity contribution in [3.8, 4) is 0 Å². The number of carbonyl (C=O) groups excluding carboxylic acids is 1. The second kappa shape index (κ2) is 10.8. The maximum atomic E-state index is 12.8. The smallest absolute Gasteiger partial charge is 0.317 e. The van der Waals surface area contributed by atoms with Crippen LogP contribution in [0.15, 0.2) is 4.42 Å². The highest BCUT2D eigenvalue weighted by Crippen LogP contribution is 2.31. The van der Waals surface area contributed by atoms with E-state index in [4.69, 9.17) is 4.42 Å². The summed E-state index contributed by atoms with van der Waals surface area (Å²) >= 11 is 0. The molecule has 0 spiro atoms. The lowest BCUT2D eigenvalue weighted by molar-refractivity contribution is 0.0934. The summed E-state index contributed by atoms with van der Waals surface area (Å²) in [5.74, 6) is 1.99. The Morgan fingerprint density at radius 1 is 1.10 bits per heavy atom. The molecule has 0 aliphatic carbocycles. The van der Waals surface area contributed by atoms with E-state index in [-0.39, 0.29) is 29.9 Å².